The molecular formula is C19H21N5O2. The lowest BCUT2D eigenvalue weighted by Crippen LogP contribution is -2.28. The van der Waals surface area contributed by atoms with Crippen LogP contribution in [0.15, 0.2) is 42.9 Å². The van der Waals surface area contributed by atoms with Crippen LogP contribution in [0.2, 0.25) is 0 Å². The maximum absolute atomic E-state index is 12.3. The zero-order valence-electron chi connectivity index (χ0n) is 14.6. The smallest absolute Gasteiger partial charge is 0.227 e. The van der Waals surface area contributed by atoms with Crippen molar-refractivity contribution in [2.45, 2.75) is 12.8 Å². The van der Waals surface area contributed by atoms with Crippen molar-refractivity contribution >= 4 is 22.9 Å². The summed E-state index contributed by atoms with van der Waals surface area (Å²) in [6.45, 7) is 1.30. The molecular weight excluding hydrogens is 330 g/mol. The molecule has 1 aliphatic heterocycles. The largest absolute Gasteiger partial charge is 0.387 e. The highest BCUT2D eigenvalue weighted by Gasteiger charge is 2.21. The monoisotopic (exact) mass is 351 g/mol. The van der Waals surface area contributed by atoms with Gasteiger partial charge >= 0.3 is 0 Å². The number of carbonyl (C=O) groups excluding carboxylic acids is 1. The molecule has 0 bridgehead atoms. The average molecular weight is 351 g/mol. The van der Waals surface area contributed by atoms with Crippen LogP contribution < -0.4 is 10.6 Å². The minimum atomic E-state index is 0.0159. The molecule has 7 nitrogen and oxygen atoms in total. The van der Waals surface area contributed by atoms with Crippen molar-refractivity contribution in [2.24, 2.45) is 5.92 Å². The summed E-state index contributed by atoms with van der Waals surface area (Å²) in [7, 11) is 1.88. The predicted molar refractivity (Wildman–Crippen MR) is 100 cm³/mol. The van der Waals surface area contributed by atoms with Gasteiger partial charge in [0.2, 0.25) is 5.91 Å². The number of nitrogens with zero attached hydrogens (tertiary/aromatic N) is 3. The first-order valence-electron chi connectivity index (χ1n) is 8.74. The van der Waals surface area contributed by atoms with E-state index in [1.54, 1.807) is 12.4 Å². The lowest BCUT2D eigenvalue weighted by atomic mass is 9.99. The summed E-state index contributed by atoms with van der Waals surface area (Å²) in [6, 6.07) is 7.71. The molecule has 0 atom stereocenters. The van der Waals surface area contributed by atoms with Crippen molar-refractivity contribution in [3.63, 3.8) is 0 Å². The van der Waals surface area contributed by atoms with Gasteiger partial charge < -0.3 is 15.4 Å². The molecule has 2 N–H and O–H groups in total. The Kier molecular flexibility index (Phi) is 4.53. The van der Waals surface area contributed by atoms with E-state index >= 15 is 0 Å². The normalized spacial score (nSPS) is 15.1. The molecule has 4 rings (SSSR count). The van der Waals surface area contributed by atoms with Crippen LogP contribution in [-0.4, -0.2) is 40.5 Å². The molecule has 0 spiro atoms. The summed E-state index contributed by atoms with van der Waals surface area (Å²) in [5, 5.41) is 6.07. The minimum Gasteiger partial charge on any atom is -0.387 e. The van der Waals surface area contributed by atoms with Crippen molar-refractivity contribution in [1.82, 2.24) is 14.4 Å². The zero-order valence-corrected chi connectivity index (χ0v) is 14.6. The van der Waals surface area contributed by atoms with Crippen LogP contribution in [0.25, 0.3) is 17.0 Å². The van der Waals surface area contributed by atoms with Crippen LogP contribution >= 0.6 is 0 Å². The van der Waals surface area contributed by atoms with E-state index in [2.05, 4.69) is 20.6 Å². The van der Waals surface area contributed by atoms with Crippen molar-refractivity contribution in [1.29, 1.82) is 0 Å². The maximum Gasteiger partial charge on any atom is 0.227 e. The molecule has 3 aromatic heterocycles. The Morgan fingerprint density at radius 2 is 1.92 bits per heavy atom. The van der Waals surface area contributed by atoms with Gasteiger partial charge in [0.25, 0.3) is 0 Å². The van der Waals surface area contributed by atoms with Gasteiger partial charge in [-0.25, -0.2) is 4.98 Å². The highest BCUT2D eigenvalue weighted by Crippen LogP contribution is 2.23. The molecule has 0 unspecified atom stereocenters. The fourth-order valence-electron chi connectivity index (χ4n) is 3.14. The Morgan fingerprint density at radius 3 is 2.65 bits per heavy atom. The van der Waals surface area contributed by atoms with E-state index < -0.39 is 0 Å². The topological polar surface area (TPSA) is 80.5 Å². The molecule has 3 aromatic rings. The first-order chi connectivity index (χ1) is 12.7. The van der Waals surface area contributed by atoms with Gasteiger partial charge in [-0.15, -0.1) is 0 Å². The Bertz CT molecular complexity index is 913. The maximum atomic E-state index is 12.3. The van der Waals surface area contributed by atoms with Crippen LogP contribution in [0.3, 0.4) is 0 Å². The van der Waals surface area contributed by atoms with Crippen LogP contribution in [0, 0.1) is 5.92 Å². The Balaban J connectivity index is 1.53. The molecule has 1 saturated heterocycles. The summed E-state index contributed by atoms with van der Waals surface area (Å²) in [5.41, 5.74) is 4.26. The first kappa shape index (κ1) is 16.5. The predicted octanol–water partition coefficient (Wildman–Crippen LogP) is 2.80. The standard InChI is InChI=1S/C19H21N5O2/c1-20-15-3-5-18-22-11-17(24(18)12-15)16-4-2-14(10-21-16)23-19(25)13-6-8-26-9-7-13/h2-5,10-13,20H,6-9H2,1H3,(H,23,25). The second-order valence-corrected chi connectivity index (χ2v) is 6.35. The van der Waals surface area contributed by atoms with Gasteiger partial charge in [0.1, 0.15) is 5.65 Å². The van der Waals surface area contributed by atoms with Crippen LogP contribution in [0.4, 0.5) is 11.4 Å². The number of pyridine rings is 2. The van der Waals surface area contributed by atoms with Gasteiger partial charge in [-0.3, -0.25) is 14.2 Å². The fraction of sp³-hybridized carbons (Fsp3) is 0.316. The summed E-state index contributed by atoms with van der Waals surface area (Å²) in [4.78, 5) is 21.2. The van der Waals surface area contributed by atoms with E-state index in [1.807, 2.05) is 41.9 Å². The van der Waals surface area contributed by atoms with Gasteiger partial charge in [0, 0.05) is 32.4 Å². The van der Waals surface area contributed by atoms with Crippen molar-refractivity contribution < 1.29 is 9.53 Å². The summed E-state index contributed by atoms with van der Waals surface area (Å²) in [5.74, 6) is 0.0541. The van der Waals surface area contributed by atoms with Gasteiger partial charge in [-0.2, -0.15) is 0 Å². The van der Waals surface area contributed by atoms with E-state index in [0.717, 1.165) is 35.6 Å². The molecule has 0 saturated carbocycles. The lowest BCUT2D eigenvalue weighted by molar-refractivity contribution is -0.122. The Morgan fingerprint density at radius 1 is 1.12 bits per heavy atom. The highest BCUT2D eigenvalue weighted by molar-refractivity contribution is 5.92. The van der Waals surface area contributed by atoms with Crippen molar-refractivity contribution in [3.8, 4) is 11.4 Å². The fourth-order valence-corrected chi connectivity index (χ4v) is 3.14. The number of imidazole rings is 1. The highest BCUT2D eigenvalue weighted by atomic mass is 16.5. The number of aromatic nitrogens is 3. The van der Waals surface area contributed by atoms with Gasteiger partial charge in [-0.05, 0) is 37.1 Å². The van der Waals surface area contributed by atoms with Gasteiger partial charge in [-0.1, -0.05) is 0 Å². The number of nitrogens with one attached hydrogen (secondary N) is 2. The van der Waals surface area contributed by atoms with Crippen LogP contribution in [0.5, 0.6) is 0 Å². The van der Waals surface area contributed by atoms with E-state index in [-0.39, 0.29) is 11.8 Å². The number of hydrogen-bond acceptors (Lipinski definition) is 5. The number of fused-ring (bicyclic) bond motifs is 1. The van der Waals surface area contributed by atoms with E-state index in [4.69, 9.17) is 4.74 Å². The molecule has 7 heteroatoms. The van der Waals surface area contributed by atoms with E-state index in [9.17, 15) is 4.79 Å². The molecule has 0 aliphatic carbocycles. The molecule has 0 radical (unpaired) electrons. The van der Waals surface area contributed by atoms with Crippen LogP contribution in [-0.2, 0) is 9.53 Å². The lowest BCUT2D eigenvalue weighted by Gasteiger charge is -2.21. The van der Waals surface area contributed by atoms with E-state index in [1.165, 1.54) is 0 Å². The summed E-state index contributed by atoms with van der Waals surface area (Å²) in [6.07, 6.45) is 7.02. The second-order valence-electron chi connectivity index (χ2n) is 6.35. The molecule has 4 heterocycles. The third-order valence-corrected chi connectivity index (χ3v) is 4.68. The Hall–Kier alpha value is -2.93. The molecule has 1 amide bonds. The molecule has 134 valence electrons. The van der Waals surface area contributed by atoms with Crippen molar-refractivity contribution in [2.75, 3.05) is 30.9 Å². The summed E-state index contributed by atoms with van der Waals surface area (Å²) >= 11 is 0. The van der Waals surface area contributed by atoms with Crippen molar-refractivity contribution in [3.05, 3.63) is 42.9 Å². The number of carbonyl (C=O) groups is 1. The average Bonchev–Trinajstić information content (AvgIpc) is 3.12. The molecule has 26 heavy (non-hydrogen) atoms. The number of amides is 1. The zero-order chi connectivity index (χ0) is 17.9. The minimum absolute atomic E-state index is 0.0159. The number of anilines is 2. The third-order valence-electron chi connectivity index (χ3n) is 4.68. The second kappa shape index (κ2) is 7.13. The SMILES string of the molecule is CNc1ccc2ncc(-c3ccc(NC(=O)C4CCOCC4)cn3)n2c1. The molecule has 0 aromatic carbocycles. The third kappa shape index (κ3) is 3.25. The quantitative estimate of drug-likeness (QED) is 0.755. The van der Waals surface area contributed by atoms with Crippen LogP contribution in [0.1, 0.15) is 12.8 Å². The molecule has 1 aliphatic rings. The van der Waals surface area contributed by atoms with E-state index in [0.29, 0.717) is 18.9 Å². The Labute approximate surface area is 151 Å². The first-order valence-corrected chi connectivity index (χ1v) is 8.74. The number of rotatable bonds is 4. The number of hydrogen-bond donors (Lipinski definition) is 2. The summed E-state index contributed by atoms with van der Waals surface area (Å²) < 4.78 is 7.30. The molecule has 1 fully saturated rings. The van der Waals surface area contributed by atoms with Gasteiger partial charge in [0.05, 0.1) is 35.2 Å². The number of ether oxygens (including phenoxy) is 1. The van der Waals surface area contributed by atoms with Gasteiger partial charge in [0.15, 0.2) is 0 Å².